The lowest BCUT2D eigenvalue weighted by Crippen LogP contribution is -2.29. The number of hydrogen-bond donors (Lipinski definition) is 0. The van der Waals surface area contributed by atoms with Crippen molar-refractivity contribution >= 4 is 5.97 Å². The summed E-state index contributed by atoms with van der Waals surface area (Å²) in [5, 5.41) is 0. The quantitative estimate of drug-likeness (QED) is 0.184. The Morgan fingerprint density at radius 3 is 2.15 bits per heavy atom. The van der Waals surface area contributed by atoms with Gasteiger partial charge in [0.15, 0.2) is 0 Å². The molecule has 0 aliphatic heterocycles. The molecule has 0 bridgehead atoms. The van der Waals surface area contributed by atoms with E-state index in [1.807, 2.05) is 24.3 Å². The van der Waals surface area contributed by atoms with Crippen LogP contribution in [-0.4, -0.2) is 5.97 Å². The molecular formula is C31H44O2. The molecule has 1 fully saturated rings. The number of rotatable bonds is 12. The number of carbonyl (C=O) groups is 1. The third-order valence-corrected chi connectivity index (χ3v) is 7.68. The van der Waals surface area contributed by atoms with Gasteiger partial charge < -0.3 is 4.74 Å². The predicted molar refractivity (Wildman–Crippen MR) is 139 cm³/mol. The highest BCUT2D eigenvalue weighted by molar-refractivity contribution is 5.91. The molecule has 180 valence electrons. The minimum atomic E-state index is -0.277. The zero-order chi connectivity index (χ0) is 23.5. The number of ether oxygens (including phenoxy) is 1. The first-order valence-electron chi connectivity index (χ1n) is 13.5. The van der Waals surface area contributed by atoms with E-state index in [1.54, 1.807) is 0 Å². The Balaban J connectivity index is 1.62. The molecule has 1 aliphatic carbocycles. The summed E-state index contributed by atoms with van der Waals surface area (Å²) in [4.78, 5) is 12.7. The van der Waals surface area contributed by atoms with Gasteiger partial charge in [-0.05, 0) is 72.4 Å². The summed E-state index contributed by atoms with van der Waals surface area (Å²) in [6.07, 6.45) is 16.9. The number of esters is 1. The van der Waals surface area contributed by atoms with Crippen LogP contribution in [0.15, 0.2) is 48.5 Å². The Labute approximate surface area is 202 Å². The van der Waals surface area contributed by atoms with Crippen molar-refractivity contribution < 1.29 is 9.53 Å². The zero-order valence-corrected chi connectivity index (χ0v) is 21.2. The fourth-order valence-electron chi connectivity index (χ4n) is 5.57. The fourth-order valence-corrected chi connectivity index (χ4v) is 5.57. The average Bonchev–Trinajstić information content (AvgIpc) is 2.85. The lowest BCUT2D eigenvalue weighted by atomic mass is 9.66. The Bertz CT molecular complexity index is 828. The maximum atomic E-state index is 12.7. The van der Waals surface area contributed by atoms with Crippen molar-refractivity contribution in [3.8, 4) is 5.75 Å². The third kappa shape index (κ3) is 7.19. The van der Waals surface area contributed by atoms with Gasteiger partial charge in [-0.1, -0.05) is 103 Å². The molecule has 0 aromatic heterocycles. The molecule has 2 aromatic rings. The Hall–Kier alpha value is -2.09. The monoisotopic (exact) mass is 448 g/mol. The second-order valence-corrected chi connectivity index (χ2v) is 10.2. The lowest BCUT2D eigenvalue weighted by Gasteiger charge is -2.38. The van der Waals surface area contributed by atoms with Gasteiger partial charge in [-0.3, -0.25) is 0 Å². The first-order valence-corrected chi connectivity index (χ1v) is 13.5. The van der Waals surface area contributed by atoms with Crippen molar-refractivity contribution in [2.75, 3.05) is 0 Å². The van der Waals surface area contributed by atoms with E-state index < -0.39 is 0 Å². The van der Waals surface area contributed by atoms with E-state index in [0.717, 1.165) is 6.42 Å². The first kappa shape index (κ1) is 25.5. The molecule has 0 heterocycles. The van der Waals surface area contributed by atoms with Gasteiger partial charge in [0.05, 0.1) is 5.56 Å². The van der Waals surface area contributed by atoms with Gasteiger partial charge in [-0.2, -0.15) is 0 Å². The Morgan fingerprint density at radius 1 is 0.848 bits per heavy atom. The van der Waals surface area contributed by atoms with Crippen LogP contribution in [0.1, 0.15) is 132 Å². The van der Waals surface area contributed by atoms with E-state index in [0.29, 0.717) is 22.6 Å². The van der Waals surface area contributed by atoms with E-state index in [-0.39, 0.29) is 5.97 Å². The highest BCUT2D eigenvalue weighted by Crippen LogP contribution is 2.44. The van der Waals surface area contributed by atoms with Crippen LogP contribution in [0.4, 0.5) is 0 Å². The predicted octanol–water partition coefficient (Wildman–Crippen LogP) is 9.37. The van der Waals surface area contributed by atoms with E-state index in [4.69, 9.17) is 4.74 Å². The summed E-state index contributed by atoms with van der Waals surface area (Å²) >= 11 is 0. The van der Waals surface area contributed by atoms with Crippen molar-refractivity contribution in [1.29, 1.82) is 0 Å². The Kier molecular flexibility index (Phi) is 10.0. The summed E-state index contributed by atoms with van der Waals surface area (Å²) in [7, 11) is 0. The summed E-state index contributed by atoms with van der Waals surface area (Å²) in [6.45, 7) is 6.72. The topological polar surface area (TPSA) is 26.3 Å². The van der Waals surface area contributed by atoms with Crippen LogP contribution >= 0.6 is 0 Å². The minimum absolute atomic E-state index is 0.277. The third-order valence-electron chi connectivity index (χ3n) is 7.68. The average molecular weight is 449 g/mol. The SMILES string of the molecule is CCCCCCCC1(c2ccc(OC(=O)c3ccc(C(C)CCC)cc3)cc2)CCCCC1. The molecule has 0 saturated heterocycles. The van der Waals surface area contributed by atoms with Gasteiger partial charge in [0.1, 0.15) is 5.75 Å². The van der Waals surface area contributed by atoms with Crippen LogP contribution in [0.25, 0.3) is 0 Å². The molecule has 2 nitrogen and oxygen atoms in total. The molecule has 2 heteroatoms. The largest absolute Gasteiger partial charge is 0.423 e. The normalized spacial score (nSPS) is 16.3. The van der Waals surface area contributed by atoms with Crippen LogP contribution in [0, 0.1) is 0 Å². The fraction of sp³-hybridized carbons (Fsp3) is 0.581. The summed E-state index contributed by atoms with van der Waals surface area (Å²) in [6, 6.07) is 16.4. The van der Waals surface area contributed by atoms with E-state index in [2.05, 4.69) is 45.0 Å². The maximum Gasteiger partial charge on any atom is 0.343 e. The van der Waals surface area contributed by atoms with E-state index in [1.165, 1.54) is 88.2 Å². The number of carbonyl (C=O) groups excluding carboxylic acids is 1. The van der Waals surface area contributed by atoms with Gasteiger partial charge in [0.2, 0.25) is 0 Å². The number of hydrogen-bond acceptors (Lipinski definition) is 2. The van der Waals surface area contributed by atoms with Crippen LogP contribution in [0.5, 0.6) is 5.75 Å². The summed E-state index contributed by atoms with van der Waals surface area (Å²) < 4.78 is 5.71. The van der Waals surface area contributed by atoms with E-state index >= 15 is 0 Å². The highest BCUT2D eigenvalue weighted by Gasteiger charge is 2.33. The van der Waals surface area contributed by atoms with Crippen LogP contribution in [0.3, 0.4) is 0 Å². The van der Waals surface area contributed by atoms with Gasteiger partial charge in [0, 0.05) is 0 Å². The molecule has 0 amide bonds. The molecule has 0 radical (unpaired) electrons. The lowest BCUT2D eigenvalue weighted by molar-refractivity contribution is 0.0734. The minimum Gasteiger partial charge on any atom is -0.423 e. The second-order valence-electron chi connectivity index (χ2n) is 10.2. The molecular weight excluding hydrogens is 404 g/mol. The summed E-state index contributed by atoms with van der Waals surface area (Å²) in [5.74, 6) is 0.883. The standard InChI is InChI=1S/C31H44O2/c1-4-6-7-8-10-22-31(23-11-9-12-24-31)28-18-20-29(21-19-28)33-30(32)27-16-14-26(15-17-27)25(3)13-5-2/h14-21,25H,4-13,22-24H2,1-3H3. The number of unbranched alkanes of at least 4 members (excludes halogenated alkanes) is 4. The van der Waals surface area contributed by atoms with Gasteiger partial charge in [-0.15, -0.1) is 0 Å². The second kappa shape index (κ2) is 13.0. The Morgan fingerprint density at radius 2 is 1.52 bits per heavy atom. The van der Waals surface area contributed by atoms with Crippen LogP contribution in [0.2, 0.25) is 0 Å². The number of benzene rings is 2. The molecule has 0 spiro atoms. The smallest absolute Gasteiger partial charge is 0.343 e. The molecule has 1 atom stereocenters. The van der Waals surface area contributed by atoms with Crippen molar-refractivity contribution in [3.05, 3.63) is 65.2 Å². The van der Waals surface area contributed by atoms with Crippen LogP contribution in [-0.2, 0) is 5.41 Å². The van der Waals surface area contributed by atoms with Crippen molar-refractivity contribution in [2.24, 2.45) is 0 Å². The molecule has 2 aromatic carbocycles. The van der Waals surface area contributed by atoms with Crippen LogP contribution < -0.4 is 4.74 Å². The highest BCUT2D eigenvalue weighted by atomic mass is 16.5. The molecule has 1 unspecified atom stereocenters. The van der Waals surface area contributed by atoms with E-state index in [9.17, 15) is 4.79 Å². The molecule has 1 aliphatic rings. The maximum absolute atomic E-state index is 12.7. The summed E-state index contributed by atoms with van der Waals surface area (Å²) in [5.41, 5.74) is 3.65. The molecule has 33 heavy (non-hydrogen) atoms. The van der Waals surface area contributed by atoms with Crippen molar-refractivity contribution in [2.45, 2.75) is 116 Å². The first-order chi connectivity index (χ1) is 16.1. The molecule has 1 saturated carbocycles. The van der Waals surface area contributed by atoms with Gasteiger partial charge >= 0.3 is 5.97 Å². The zero-order valence-electron chi connectivity index (χ0n) is 21.2. The van der Waals surface area contributed by atoms with Crippen molar-refractivity contribution in [1.82, 2.24) is 0 Å². The molecule has 3 rings (SSSR count). The molecule has 0 N–H and O–H groups in total. The van der Waals surface area contributed by atoms with Gasteiger partial charge in [0.25, 0.3) is 0 Å². The van der Waals surface area contributed by atoms with Crippen molar-refractivity contribution in [3.63, 3.8) is 0 Å². The van der Waals surface area contributed by atoms with Gasteiger partial charge in [-0.25, -0.2) is 4.79 Å².